The minimum Gasteiger partial charge on any atom is -0.424 e. The Labute approximate surface area is 103 Å². The van der Waals surface area contributed by atoms with E-state index < -0.39 is 23.4 Å². The van der Waals surface area contributed by atoms with Gasteiger partial charge in [-0.2, -0.15) is 0 Å². The van der Waals surface area contributed by atoms with Gasteiger partial charge in [-0.1, -0.05) is 0 Å². The second kappa shape index (κ2) is 8.58. The number of carbonyl (C=O) groups excluding carboxylic acids is 2. The van der Waals surface area contributed by atoms with E-state index in [4.69, 9.17) is 32.7 Å². The van der Waals surface area contributed by atoms with Crippen molar-refractivity contribution in [3.8, 4) is 0 Å². The highest BCUT2D eigenvalue weighted by molar-refractivity contribution is 6.61. The Hall–Kier alpha value is -0.560. The van der Waals surface area contributed by atoms with Crippen LogP contribution in [0.25, 0.3) is 0 Å². The average molecular weight is 275 g/mol. The Morgan fingerprint density at radius 3 is 1.50 bits per heavy atom. The van der Waals surface area contributed by atoms with E-state index in [1.165, 1.54) is 13.8 Å². The van der Waals surface area contributed by atoms with Crippen molar-refractivity contribution in [2.75, 3.05) is 13.2 Å². The fourth-order valence-corrected chi connectivity index (χ4v) is 1.01. The van der Waals surface area contributed by atoms with Crippen LogP contribution in [-0.4, -0.2) is 36.7 Å². The van der Waals surface area contributed by atoms with Gasteiger partial charge in [0.1, 0.15) is 0 Å². The zero-order valence-corrected chi connectivity index (χ0v) is 10.3. The lowest BCUT2D eigenvalue weighted by atomic mass is 10.7. The number of carbonyl (C=O) groups is 2. The molecule has 16 heavy (non-hydrogen) atoms. The van der Waals surface area contributed by atoms with Gasteiger partial charge in [0.05, 0.1) is 13.2 Å². The number of rotatable bonds is 7. The first kappa shape index (κ1) is 15.4. The fraction of sp³-hybridized carbons (Fsp3) is 0.750. The largest absolute Gasteiger partial charge is 0.424 e. The van der Waals surface area contributed by atoms with Crippen LogP contribution in [0.3, 0.4) is 0 Å². The molecule has 0 aliphatic heterocycles. The number of hydrogen-bond donors (Lipinski definition) is 0. The highest BCUT2D eigenvalue weighted by atomic mass is 35.5. The van der Waals surface area contributed by atoms with E-state index in [1.807, 2.05) is 0 Å². The van der Waals surface area contributed by atoms with E-state index in [-0.39, 0.29) is 13.2 Å². The Kier molecular flexibility index (Phi) is 8.28. The summed E-state index contributed by atoms with van der Waals surface area (Å²) < 4.78 is 18.9. The Balaban J connectivity index is 3.45. The molecule has 2 atom stereocenters. The summed E-state index contributed by atoms with van der Waals surface area (Å²) in [6.45, 7) is 3.30. The second-order valence-electron chi connectivity index (χ2n) is 2.59. The lowest BCUT2D eigenvalue weighted by Crippen LogP contribution is -2.21. The first-order chi connectivity index (χ1) is 7.41. The highest BCUT2D eigenvalue weighted by Gasteiger charge is 2.08. The van der Waals surface area contributed by atoms with E-state index in [1.54, 1.807) is 0 Å². The third-order valence-corrected chi connectivity index (χ3v) is 1.48. The van der Waals surface area contributed by atoms with Gasteiger partial charge >= 0.3 is 10.9 Å². The molecule has 8 heteroatoms. The second-order valence-corrected chi connectivity index (χ2v) is 3.21. The van der Waals surface area contributed by atoms with Crippen molar-refractivity contribution < 1.29 is 28.5 Å². The summed E-state index contributed by atoms with van der Waals surface area (Å²) in [5.74, 6) is 0. The van der Waals surface area contributed by atoms with Gasteiger partial charge < -0.3 is 18.9 Å². The summed E-state index contributed by atoms with van der Waals surface area (Å²) in [6, 6.07) is 0. The molecule has 0 N–H and O–H groups in total. The molecule has 0 spiro atoms. The molecule has 0 aromatic carbocycles. The maximum Gasteiger partial charge on any atom is 0.406 e. The number of halogens is 2. The average Bonchev–Trinajstić information content (AvgIpc) is 2.10. The van der Waals surface area contributed by atoms with E-state index in [0.717, 1.165) is 0 Å². The Morgan fingerprint density at radius 2 is 1.25 bits per heavy atom. The summed E-state index contributed by atoms with van der Waals surface area (Å²) in [5.41, 5.74) is -1.89. The van der Waals surface area contributed by atoms with Crippen LogP contribution in [0.15, 0.2) is 0 Å². The molecular formula is C8H12Cl2O6. The normalized spacial score (nSPS) is 14.0. The molecule has 0 rings (SSSR count). The lowest BCUT2D eigenvalue weighted by molar-refractivity contribution is -0.132. The van der Waals surface area contributed by atoms with Gasteiger partial charge in [-0.15, -0.1) is 0 Å². The monoisotopic (exact) mass is 274 g/mol. The first-order valence-corrected chi connectivity index (χ1v) is 5.13. The summed E-state index contributed by atoms with van der Waals surface area (Å²) in [6.07, 6.45) is -1.53. The van der Waals surface area contributed by atoms with Crippen molar-refractivity contribution in [3.63, 3.8) is 0 Å². The van der Waals surface area contributed by atoms with Crippen molar-refractivity contribution in [1.29, 1.82) is 0 Å². The third kappa shape index (κ3) is 9.97. The van der Waals surface area contributed by atoms with E-state index >= 15 is 0 Å². The molecule has 2 unspecified atom stereocenters. The summed E-state index contributed by atoms with van der Waals surface area (Å²) in [7, 11) is 0. The molecule has 0 heterocycles. The van der Waals surface area contributed by atoms with Crippen molar-refractivity contribution in [1.82, 2.24) is 0 Å². The molecule has 0 aliphatic carbocycles. The minimum absolute atomic E-state index is 0.148. The molecule has 6 nitrogen and oxygen atoms in total. The van der Waals surface area contributed by atoms with Crippen LogP contribution in [0.4, 0.5) is 9.59 Å². The number of hydrogen-bond acceptors (Lipinski definition) is 6. The topological polar surface area (TPSA) is 71.1 Å². The Bertz CT molecular complexity index is 211. The predicted octanol–water partition coefficient (Wildman–Crippen LogP) is 2.46. The zero-order valence-electron chi connectivity index (χ0n) is 8.77. The first-order valence-electron chi connectivity index (χ1n) is 4.37. The van der Waals surface area contributed by atoms with Crippen LogP contribution in [0.5, 0.6) is 0 Å². The molecule has 94 valence electrons. The van der Waals surface area contributed by atoms with Crippen molar-refractivity contribution in [3.05, 3.63) is 0 Å². The van der Waals surface area contributed by atoms with Gasteiger partial charge in [-0.25, -0.2) is 9.59 Å². The molecule has 0 aliphatic rings. The quantitative estimate of drug-likeness (QED) is 0.404. The van der Waals surface area contributed by atoms with Crippen LogP contribution in [0, 0.1) is 0 Å². The van der Waals surface area contributed by atoms with Gasteiger partial charge in [0.2, 0.25) is 12.6 Å². The van der Waals surface area contributed by atoms with Crippen molar-refractivity contribution in [2.24, 2.45) is 0 Å². The minimum atomic E-state index is -0.946. The fourth-order valence-electron chi connectivity index (χ4n) is 0.757. The maximum absolute atomic E-state index is 10.3. The van der Waals surface area contributed by atoms with Crippen molar-refractivity contribution in [2.45, 2.75) is 26.4 Å². The maximum atomic E-state index is 10.3. The van der Waals surface area contributed by atoms with Crippen LogP contribution in [0.2, 0.25) is 0 Å². The molecule has 0 fully saturated rings. The summed E-state index contributed by atoms with van der Waals surface area (Å²) in [5, 5.41) is 0. The molecule has 0 saturated heterocycles. The lowest BCUT2D eigenvalue weighted by Gasteiger charge is -2.14. The van der Waals surface area contributed by atoms with Crippen LogP contribution < -0.4 is 0 Å². The van der Waals surface area contributed by atoms with Gasteiger partial charge in [0.25, 0.3) is 0 Å². The van der Waals surface area contributed by atoms with Gasteiger partial charge in [0, 0.05) is 23.2 Å². The van der Waals surface area contributed by atoms with E-state index in [2.05, 4.69) is 9.47 Å². The summed E-state index contributed by atoms with van der Waals surface area (Å²) in [4.78, 5) is 20.6. The van der Waals surface area contributed by atoms with Crippen LogP contribution in [-0.2, 0) is 18.9 Å². The third-order valence-electron chi connectivity index (χ3n) is 1.31. The zero-order chi connectivity index (χ0) is 12.6. The highest BCUT2D eigenvalue weighted by Crippen LogP contribution is 2.00. The van der Waals surface area contributed by atoms with Gasteiger partial charge in [-0.05, 0) is 13.8 Å². The Morgan fingerprint density at radius 1 is 0.938 bits per heavy atom. The van der Waals surface area contributed by atoms with Crippen molar-refractivity contribution >= 4 is 34.1 Å². The number of ether oxygens (including phenoxy) is 4. The molecule has 0 bridgehead atoms. The van der Waals surface area contributed by atoms with Crippen LogP contribution >= 0.6 is 23.2 Å². The molecule has 0 amide bonds. The molecule has 0 aromatic heterocycles. The molecule has 0 radical (unpaired) electrons. The predicted molar refractivity (Wildman–Crippen MR) is 55.5 cm³/mol. The molecule has 0 aromatic rings. The van der Waals surface area contributed by atoms with E-state index in [9.17, 15) is 9.59 Å². The van der Waals surface area contributed by atoms with Gasteiger partial charge in [0.15, 0.2) is 0 Å². The standard InChI is InChI=1S/C8H12Cl2O6/c1-5(15-7(9)11)13-3-4-14-6(2)16-8(10)12/h5-6H,3-4H2,1-2H3. The van der Waals surface area contributed by atoms with E-state index in [0.29, 0.717) is 0 Å². The van der Waals surface area contributed by atoms with Crippen LogP contribution in [0.1, 0.15) is 13.8 Å². The summed E-state index contributed by atoms with van der Waals surface area (Å²) >= 11 is 9.90. The van der Waals surface area contributed by atoms with Gasteiger partial charge in [-0.3, -0.25) is 0 Å². The SMILES string of the molecule is CC(OCCOC(C)OC(=O)Cl)OC(=O)Cl. The molecule has 0 saturated carbocycles. The molecular weight excluding hydrogens is 263 g/mol. The smallest absolute Gasteiger partial charge is 0.406 e.